The van der Waals surface area contributed by atoms with Gasteiger partial charge in [-0.15, -0.1) is 0 Å². The lowest BCUT2D eigenvalue weighted by molar-refractivity contribution is -0.127. The summed E-state index contributed by atoms with van der Waals surface area (Å²) in [4.78, 5) is 56.3. The van der Waals surface area contributed by atoms with Crippen LogP contribution in [0.25, 0.3) is 0 Å². The van der Waals surface area contributed by atoms with Gasteiger partial charge in [-0.3, -0.25) is 19.2 Å². The highest BCUT2D eigenvalue weighted by Gasteiger charge is 2.74. The maximum Gasteiger partial charge on any atom is 0.241 e. The number of nitrogens with zero attached hydrogens (tertiary/aromatic N) is 1. The normalized spacial score (nSPS) is 24.4. The largest absolute Gasteiger partial charge is 0.349 e. The molecule has 2 aliphatic heterocycles. The SMILES string of the molecule is CCc1ccc([C@@H]2OC3(C(=O)c4ccccc4C3=O)[C@@H]3C(=O)N(c4ccc(Br)cc4)C(=O)[C@@H]32)cc1. The molecule has 3 aromatic carbocycles. The van der Waals surface area contributed by atoms with E-state index >= 15 is 0 Å². The number of Topliss-reactive ketones (excluding diaryl/α,β-unsaturated/α-hetero) is 2. The Morgan fingerprint density at radius 3 is 2.00 bits per heavy atom. The predicted octanol–water partition coefficient (Wildman–Crippen LogP) is 4.71. The molecule has 1 aliphatic carbocycles. The van der Waals surface area contributed by atoms with E-state index in [9.17, 15) is 19.2 Å². The number of carbonyl (C=O) groups is 4. The summed E-state index contributed by atoms with van der Waals surface area (Å²) in [6.07, 6.45) is -0.0759. The van der Waals surface area contributed by atoms with Gasteiger partial charge in [-0.2, -0.15) is 0 Å². The van der Waals surface area contributed by atoms with Crippen molar-refractivity contribution < 1.29 is 23.9 Å². The minimum Gasteiger partial charge on any atom is -0.349 e. The third-order valence-electron chi connectivity index (χ3n) is 7.32. The molecule has 2 fully saturated rings. The first kappa shape index (κ1) is 22.1. The first-order valence-corrected chi connectivity index (χ1v) is 12.3. The Bertz CT molecular complexity index is 1380. The van der Waals surface area contributed by atoms with Gasteiger partial charge >= 0.3 is 0 Å². The second-order valence-electron chi connectivity index (χ2n) is 9.06. The zero-order valence-corrected chi connectivity index (χ0v) is 20.3. The van der Waals surface area contributed by atoms with Crippen LogP contribution < -0.4 is 4.90 Å². The molecule has 7 heteroatoms. The van der Waals surface area contributed by atoms with Gasteiger partial charge < -0.3 is 4.74 Å². The molecule has 2 amide bonds. The van der Waals surface area contributed by atoms with Crippen LogP contribution in [0.3, 0.4) is 0 Å². The summed E-state index contributed by atoms with van der Waals surface area (Å²) in [5.74, 6) is -4.42. The number of rotatable bonds is 3. The minimum absolute atomic E-state index is 0.223. The Hall–Kier alpha value is -3.42. The number of aryl methyl sites for hydroxylation is 1. The van der Waals surface area contributed by atoms with Crippen LogP contribution in [-0.2, 0) is 20.7 Å². The van der Waals surface area contributed by atoms with Crippen molar-refractivity contribution in [2.75, 3.05) is 4.90 Å². The molecule has 0 N–H and O–H groups in total. The summed E-state index contributed by atoms with van der Waals surface area (Å²) in [6, 6.07) is 20.8. The number of ether oxygens (including phenoxy) is 1. The summed E-state index contributed by atoms with van der Waals surface area (Å²) in [7, 11) is 0. The zero-order valence-electron chi connectivity index (χ0n) is 18.7. The van der Waals surface area contributed by atoms with Crippen LogP contribution >= 0.6 is 15.9 Å². The number of fused-ring (bicyclic) bond motifs is 3. The maximum atomic E-state index is 13.9. The number of halogens is 1. The molecule has 3 aliphatic rings. The highest BCUT2D eigenvalue weighted by Crippen LogP contribution is 2.57. The van der Waals surface area contributed by atoms with Crippen molar-refractivity contribution in [3.05, 3.63) is 99.5 Å². The monoisotopic (exact) mass is 529 g/mol. The Kier molecular flexibility index (Phi) is 4.92. The lowest BCUT2D eigenvalue weighted by Gasteiger charge is -2.27. The highest BCUT2D eigenvalue weighted by atomic mass is 79.9. The predicted molar refractivity (Wildman–Crippen MR) is 131 cm³/mol. The van der Waals surface area contributed by atoms with Crippen molar-refractivity contribution in [3.63, 3.8) is 0 Å². The molecule has 3 atom stereocenters. The van der Waals surface area contributed by atoms with E-state index in [1.165, 1.54) is 0 Å². The molecule has 1 spiro atoms. The molecule has 0 bridgehead atoms. The molecule has 6 nitrogen and oxygen atoms in total. The van der Waals surface area contributed by atoms with Crippen LogP contribution in [0.4, 0.5) is 5.69 Å². The van der Waals surface area contributed by atoms with Gasteiger partial charge in [-0.05, 0) is 41.8 Å². The van der Waals surface area contributed by atoms with Gasteiger partial charge in [0, 0.05) is 15.6 Å². The molecule has 174 valence electrons. The van der Waals surface area contributed by atoms with E-state index in [0.29, 0.717) is 11.3 Å². The summed E-state index contributed by atoms with van der Waals surface area (Å²) >= 11 is 3.37. The Morgan fingerprint density at radius 1 is 0.829 bits per heavy atom. The van der Waals surface area contributed by atoms with Crippen molar-refractivity contribution >= 4 is 45.0 Å². The second-order valence-corrected chi connectivity index (χ2v) is 9.98. The van der Waals surface area contributed by atoms with Crippen LogP contribution in [0.2, 0.25) is 0 Å². The fourth-order valence-electron chi connectivity index (χ4n) is 5.61. The summed E-state index contributed by atoms with van der Waals surface area (Å²) in [5, 5.41) is 0. The van der Waals surface area contributed by atoms with Crippen LogP contribution in [0.15, 0.2) is 77.3 Å². The number of hydrogen-bond donors (Lipinski definition) is 0. The number of anilines is 1. The van der Waals surface area contributed by atoms with Gasteiger partial charge in [0.1, 0.15) is 0 Å². The van der Waals surface area contributed by atoms with Crippen LogP contribution in [0.1, 0.15) is 44.9 Å². The standard InChI is InChI=1S/C28H20BrNO5/c1-2-15-7-9-16(10-8-15)23-21-22(27(34)30(26(21)33)18-13-11-17(29)12-14-18)28(35-23)24(31)19-5-3-4-6-20(19)25(28)32/h3-14,21-23H,2H2,1H3/t21-,22-,23-/m0/s1. The lowest BCUT2D eigenvalue weighted by atomic mass is 9.77. The minimum atomic E-state index is -2.06. The van der Waals surface area contributed by atoms with Crippen LogP contribution in [0, 0.1) is 11.8 Å². The number of benzene rings is 3. The van der Waals surface area contributed by atoms with E-state index in [0.717, 1.165) is 21.4 Å². The Labute approximate surface area is 210 Å². The van der Waals surface area contributed by atoms with Crippen molar-refractivity contribution in [2.45, 2.75) is 25.0 Å². The van der Waals surface area contributed by atoms with Crippen molar-refractivity contribution in [2.24, 2.45) is 11.8 Å². The molecule has 0 radical (unpaired) electrons. The average molecular weight is 530 g/mol. The average Bonchev–Trinajstić information content (AvgIpc) is 3.45. The number of amides is 2. The first-order valence-electron chi connectivity index (χ1n) is 11.5. The van der Waals surface area contributed by atoms with Crippen molar-refractivity contribution in [1.82, 2.24) is 0 Å². The first-order chi connectivity index (χ1) is 16.9. The van der Waals surface area contributed by atoms with Gasteiger partial charge in [0.25, 0.3) is 0 Å². The fraction of sp³-hybridized carbons (Fsp3) is 0.214. The van der Waals surface area contributed by atoms with E-state index in [1.807, 2.05) is 31.2 Å². The molecule has 2 saturated heterocycles. The Morgan fingerprint density at radius 2 is 1.43 bits per heavy atom. The number of imide groups is 1. The fourth-order valence-corrected chi connectivity index (χ4v) is 5.87. The number of ketones is 2. The zero-order chi connectivity index (χ0) is 24.5. The topological polar surface area (TPSA) is 80.8 Å². The number of hydrogen-bond acceptors (Lipinski definition) is 5. The van der Waals surface area contributed by atoms with E-state index in [4.69, 9.17) is 4.74 Å². The Balaban J connectivity index is 1.53. The second kappa shape index (κ2) is 7.80. The molecule has 3 aromatic rings. The van der Waals surface area contributed by atoms with E-state index < -0.39 is 46.9 Å². The lowest BCUT2D eigenvalue weighted by Crippen LogP contribution is -2.51. The molecule has 2 heterocycles. The van der Waals surface area contributed by atoms with Gasteiger partial charge in [0.05, 0.1) is 23.6 Å². The van der Waals surface area contributed by atoms with Crippen LogP contribution in [0.5, 0.6) is 0 Å². The summed E-state index contributed by atoms with van der Waals surface area (Å²) in [5.41, 5.74) is 0.539. The van der Waals surface area contributed by atoms with Crippen molar-refractivity contribution in [1.29, 1.82) is 0 Å². The van der Waals surface area contributed by atoms with Gasteiger partial charge in [0.2, 0.25) is 29.0 Å². The third kappa shape index (κ3) is 2.91. The molecule has 6 rings (SSSR count). The van der Waals surface area contributed by atoms with Gasteiger partial charge in [0.15, 0.2) is 0 Å². The summed E-state index contributed by atoms with van der Waals surface area (Å²) in [6.45, 7) is 2.04. The molecular formula is C28H20BrNO5. The van der Waals surface area contributed by atoms with E-state index in [-0.39, 0.29) is 11.1 Å². The molecule has 0 unspecified atom stereocenters. The van der Waals surface area contributed by atoms with Gasteiger partial charge in [-0.1, -0.05) is 71.4 Å². The number of carbonyl (C=O) groups excluding carboxylic acids is 4. The quantitative estimate of drug-likeness (QED) is 0.362. The smallest absolute Gasteiger partial charge is 0.241 e. The van der Waals surface area contributed by atoms with Gasteiger partial charge in [-0.25, -0.2) is 4.90 Å². The van der Waals surface area contributed by atoms with Crippen molar-refractivity contribution in [3.8, 4) is 0 Å². The van der Waals surface area contributed by atoms with E-state index in [2.05, 4.69) is 15.9 Å². The highest BCUT2D eigenvalue weighted by molar-refractivity contribution is 9.10. The third-order valence-corrected chi connectivity index (χ3v) is 7.85. The van der Waals surface area contributed by atoms with E-state index in [1.54, 1.807) is 48.5 Å². The van der Waals surface area contributed by atoms with Crippen LogP contribution in [-0.4, -0.2) is 29.0 Å². The molecule has 0 aromatic heterocycles. The molecule has 35 heavy (non-hydrogen) atoms. The molecular weight excluding hydrogens is 510 g/mol. The maximum absolute atomic E-state index is 13.9. The summed E-state index contributed by atoms with van der Waals surface area (Å²) < 4.78 is 7.11. The molecule has 0 saturated carbocycles.